The number of benzene rings is 1. The van der Waals surface area contributed by atoms with Gasteiger partial charge in [-0.15, -0.1) is 0 Å². The maximum Gasteiger partial charge on any atom is 0.248 e. The number of ether oxygens (including phenoxy) is 1. The number of hydrogen-bond donors (Lipinski definition) is 0. The number of hydrogen-bond acceptors (Lipinski definition) is 4. The van der Waals surface area contributed by atoms with Gasteiger partial charge in [0.25, 0.3) is 0 Å². The molecule has 1 aromatic carbocycles. The van der Waals surface area contributed by atoms with Crippen molar-refractivity contribution in [3.8, 4) is 0 Å². The maximum absolute atomic E-state index is 13.3. The molecule has 27 heavy (non-hydrogen) atoms. The summed E-state index contributed by atoms with van der Waals surface area (Å²) in [5.41, 5.74) is 0.874. The number of methoxy groups -OCH3 is 1. The van der Waals surface area contributed by atoms with Crippen LogP contribution in [0.5, 0.6) is 0 Å². The number of halogens is 2. The molecule has 0 spiro atoms. The molecule has 0 atom stereocenters. The van der Waals surface area contributed by atoms with Gasteiger partial charge in [-0.05, 0) is 31.0 Å². The largest absolute Gasteiger partial charge is 0.375 e. The molecule has 2 saturated heterocycles. The lowest BCUT2D eigenvalue weighted by atomic mass is 9.95. The van der Waals surface area contributed by atoms with E-state index in [4.69, 9.17) is 16.3 Å². The Morgan fingerprint density at radius 2 is 1.78 bits per heavy atom. The van der Waals surface area contributed by atoms with Gasteiger partial charge in [-0.2, -0.15) is 0 Å². The van der Waals surface area contributed by atoms with E-state index >= 15 is 0 Å². The monoisotopic (exact) mass is 397 g/mol. The predicted octanol–water partition coefficient (Wildman–Crippen LogP) is 2.01. The molecule has 2 aliphatic heterocycles. The Balaban J connectivity index is 1.49. The average molecular weight is 398 g/mol. The van der Waals surface area contributed by atoms with Gasteiger partial charge in [-0.25, -0.2) is 4.39 Å². The number of rotatable bonds is 4. The molecule has 8 heteroatoms. The third-order valence-corrected chi connectivity index (χ3v) is 5.61. The zero-order valence-corrected chi connectivity index (χ0v) is 16.3. The molecule has 0 saturated carbocycles. The van der Waals surface area contributed by atoms with E-state index in [0.29, 0.717) is 52.1 Å². The third kappa shape index (κ3) is 4.71. The second-order valence-corrected chi connectivity index (χ2v) is 7.41. The minimum Gasteiger partial charge on any atom is -0.375 e. The highest BCUT2D eigenvalue weighted by Gasteiger charge is 2.31. The summed E-state index contributed by atoms with van der Waals surface area (Å²) in [4.78, 5) is 30.4. The summed E-state index contributed by atoms with van der Waals surface area (Å²) >= 11 is 5.87. The van der Waals surface area contributed by atoms with Gasteiger partial charge in [0.15, 0.2) is 0 Å². The van der Waals surface area contributed by atoms with Gasteiger partial charge in [0.1, 0.15) is 12.4 Å². The zero-order chi connectivity index (χ0) is 19.4. The standard InChI is InChI=1S/C19H25ClFN3O3/c1-27-13-18(25)23-6-4-14(5-7-23)19(26)24-10-8-22(9-11-24)15-2-3-17(21)16(20)12-15/h2-3,12,14H,4-11,13H2,1H3. The second-order valence-electron chi connectivity index (χ2n) is 7.00. The molecule has 0 bridgehead atoms. The van der Waals surface area contributed by atoms with Gasteiger partial charge in [0, 0.05) is 58.0 Å². The van der Waals surface area contributed by atoms with Crippen LogP contribution in [0, 0.1) is 11.7 Å². The summed E-state index contributed by atoms with van der Waals surface area (Å²) < 4.78 is 18.2. The predicted molar refractivity (Wildman–Crippen MR) is 101 cm³/mol. The van der Waals surface area contributed by atoms with E-state index in [1.54, 1.807) is 17.0 Å². The molecule has 2 fully saturated rings. The van der Waals surface area contributed by atoms with Gasteiger partial charge in [-0.3, -0.25) is 9.59 Å². The summed E-state index contributed by atoms with van der Waals surface area (Å²) in [5, 5.41) is 0.112. The molecule has 1 aromatic rings. The number of piperazine rings is 1. The highest BCUT2D eigenvalue weighted by Crippen LogP contribution is 2.25. The molecule has 2 amide bonds. The van der Waals surface area contributed by atoms with Crippen molar-refractivity contribution in [1.82, 2.24) is 9.80 Å². The van der Waals surface area contributed by atoms with Crippen LogP contribution >= 0.6 is 11.6 Å². The van der Waals surface area contributed by atoms with Gasteiger partial charge in [0.2, 0.25) is 11.8 Å². The fourth-order valence-electron chi connectivity index (χ4n) is 3.72. The Morgan fingerprint density at radius 1 is 1.11 bits per heavy atom. The number of anilines is 1. The first-order valence-electron chi connectivity index (χ1n) is 9.25. The molecule has 0 N–H and O–H groups in total. The highest BCUT2D eigenvalue weighted by molar-refractivity contribution is 6.31. The van der Waals surface area contributed by atoms with Crippen molar-refractivity contribution in [1.29, 1.82) is 0 Å². The van der Waals surface area contributed by atoms with Gasteiger partial charge in [-0.1, -0.05) is 11.6 Å². The van der Waals surface area contributed by atoms with Crippen molar-refractivity contribution in [3.05, 3.63) is 29.0 Å². The van der Waals surface area contributed by atoms with Gasteiger partial charge in [0.05, 0.1) is 5.02 Å². The summed E-state index contributed by atoms with van der Waals surface area (Å²) in [6.07, 6.45) is 1.39. The Bertz CT molecular complexity index is 687. The number of piperidine rings is 1. The minimum atomic E-state index is -0.426. The Hall–Kier alpha value is -1.86. The SMILES string of the molecule is COCC(=O)N1CCC(C(=O)N2CCN(c3ccc(F)c(Cl)c3)CC2)CC1. The summed E-state index contributed by atoms with van der Waals surface area (Å²) in [5.74, 6) is -0.298. The average Bonchev–Trinajstić information content (AvgIpc) is 2.70. The van der Waals surface area contributed by atoms with Crippen LogP contribution in [0.15, 0.2) is 18.2 Å². The second kappa shape index (κ2) is 8.89. The first-order chi connectivity index (χ1) is 13.0. The number of nitrogens with zero attached hydrogens (tertiary/aromatic N) is 3. The molecule has 6 nitrogen and oxygen atoms in total. The number of likely N-dealkylation sites (tertiary alicyclic amines) is 1. The van der Waals surface area contributed by atoms with Crippen molar-refractivity contribution in [2.24, 2.45) is 5.92 Å². The Labute approximate surface area is 163 Å². The van der Waals surface area contributed by atoms with Crippen LogP contribution in [0.3, 0.4) is 0 Å². The quantitative estimate of drug-likeness (QED) is 0.780. The molecular formula is C19H25ClFN3O3. The number of amides is 2. The van der Waals surface area contributed by atoms with Crippen LogP contribution in [-0.4, -0.2) is 74.6 Å². The molecule has 2 heterocycles. The lowest BCUT2D eigenvalue weighted by molar-refractivity contribution is -0.142. The van der Waals surface area contributed by atoms with Crippen LogP contribution in [0.1, 0.15) is 12.8 Å². The van der Waals surface area contributed by atoms with Crippen LogP contribution in [0.25, 0.3) is 0 Å². The van der Waals surface area contributed by atoms with Crippen molar-refractivity contribution < 1.29 is 18.7 Å². The zero-order valence-electron chi connectivity index (χ0n) is 15.5. The summed E-state index contributed by atoms with van der Waals surface area (Å²) in [7, 11) is 1.51. The molecule has 2 aliphatic rings. The molecule has 3 rings (SSSR count). The molecule has 0 radical (unpaired) electrons. The van der Waals surface area contributed by atoms with E-state index in [0.717, 1.165) is 5.69 Å². The van der Waals surface area contributed by atoms with Crippen LogP contribution in [-0.2, 0) is 14.3 Å². The topological polar surface area (TPSA) is 53.1 Å². The van der Waals surface area contributed by atoms with Gasteiger partial charge >= 0.3 is 0 Å². The molecule has 148 valence electrons. The first kappa shape index (κ1) is 19.9. The van der Waals surface area contributed by atoms with E-state index < -0.39 is 5.82 Å². The fraction of sp³-hybridized carbons (Fsp3) is 0.579. The van der Waals surface area contributed by atoms with Crippen molar-refractivity contribution in [3.63, 3.8) is 0 Å². The number of carbonyl (C=O) groups is 2. The fourth-order valence-corrected chi connectivity index (χ4v) is 3.89. The van der Waals surface area contributed by atoms with E-state index in [2.05, 4.69) is 4.90 Å². The molecular weight excluding hydrogens is 373 g/mol. The lowest BCUT2D eigenvalue weighted by Crippen LogP contribution is -2.52. The lowest BCUT2D eigenvalue weighted by Gasteiger charge is -2.39. The molecule has 0 aliphatic carbocycles. The normalized spacial score (nSPS) is 18.7. The van der Waals surface area contributed by atoms with Crippen LogP contribution in [0.2, 0.25) is 5.02 Å². The minimum absolute atomic E-state index is 0.0185. The van der Waals surface area contributed by atoms with Crippen LogP contribution < -0.4 is 4.90 Å². The maximum atomic E-state index is 13.3. The van der Waals surface area contributed by atoms with Crippen molar-refractivity contribution in [2.45, 2.75) is 12.8 Å². The van der Waals surface area contributed by atoms with E-state index in [1.165, 1.54) is 13.2 Å². The molecule has 0 aromatic heterocycles. The Morgan fingerprint density at radius 3 is 2.37 bits per heavy atom. The van der Waals surface area contributed by atoms with Crippen molar-refractivity contribution in [2.75, 3.05) is 57.9 Å². The first-order valence-corrected chi connectivity index (χ1v) is 9.63. The highest BCUT2D eigenvalue weighted by atomic mass is 35.5. The van der Waals surface area contributed by atoms with E-state index in [1.807, 2.05) is 4.90 Å². The number of carbonyl (C=O) groups excluding carboxylic acids is 2. The summed E-state index contributed by atoms with van der Waals surface area (Å²) in [6.45, 7) is 3.96. The summed E-state index contributed by atoms with van der Waals surface area (Å²) in [6, 6.07) is 4.71. The molecule has 0 unspecified atom stereocenters. The smallest absolute Gasteiger partial charge is 0.248 e. The third-order valence-electron chi connectivity index (χ3n) is 5.32. The Kier molecular flexibility index (Phi) is 6.55. The van der Waals surface area contributed by atoms with E-state index in [9.17, 15) is 14.0 Å². The van der Waals surface area contributed by atoms with Crippen LogP contribution in [0.4, 0.5) is 10.1 Å². The van der Waals surface area contributed by atoms with Gasteiger partial charge < -0.3 is 19.4 Å². The van der Waals surface area contributed by atoms with E-state index in [-0.39, 0.29) is 29.4 Å². The van der Waals surface area contributed by atoms with Crippen molar-refractivity contribution >= 4 is 29.1 Å².